The molecule has 7 heteroatoms. The van der Waals surface area contributed by atoms with Gasteiger partial charge >= 0.3 is 12.1 Å². The van der Waals surface area contributed by atoms with Crippen LogP contribution in [-0.2, 0) is 9.53 Å². The van der Waals surface area contributed by atoms with Crippen molar-refractivity contribution in [3.63, 3.8) is 0 Å². The predicted octanol–water partition coefficient (Wildman–Crippen LogP) is 5.01. The maximum atomic E-state index is 13.7. The van der Waals surface area contributed by atoms with E-state index in [1.165, 1.54) is 12.1 Å². The van der Waals surface area contributed by atoms with Gasteiger partial charge in [0.15, 0.2) is 11.6 Å². The minimum Gasteiger partial charge on any atom is -0.505 e. The van der Waals surface area contributed by atoms with Crippen LogP contribution in [0.4, 0.5) is 14.9 Å². The lowest BCUT2D eigenvalue weighted by Gasteiger charge is -2.18. The van der Waals surface area contributed by atoms with Gasteiger partial charge < -0.3 is 14.9 Å². The van der Waals surface area contributed by atoms with Crippen molar-refractivity contribution < 1.29 is 28.9 Å². The highest BCUT2D eigenvalue weighted by Crippen LogP contribution is 2.28. The number of carboxylic acids is 1. The number of halogens is 1. The van der Waals surface area contributed by atoms with Gasteiger partial charge in [-0.05, 0) is 29.1 Å². The van der Waals surface area contributed by atoms with Gasteiger partial charge in [-0.1, -0.05) is 48.5 Å². The van der Waals surface area contributed by atoms with Gasteiger partial charge in [-0.25, -0.2) is 14.0 Å². The van der Waals surface area contributed by atoms with E-state index in [1.54, 1.807) is 12.1 Å². The van der Waals surface area contributed by atoms with E-state index in [1.807, 2.05) is 30.3 Å². The molecule has 29 heavy (non-hydrogen) atoms. The Balaban J connectivity index is 1.81. The third kappa shape index (κ3) is 5.10. The van der Waals surface area contributed by atoms with Gasteiger partial charge in [0.2, 0.25) is 0 Å². The van der Waals surface area contributed by atoms with Crippen molar-refractivity contribution in [2.75, 3.05) is 5.32 Å². The van der Waals surface area contributed by atoms with Crippen molar-refractivity contribution in [3.8, 4) is 5.75 Å². The average molecular weight is 395 g/mol. The smallest absolute Gasteiger partial charge is 0.412 e. The van der Waals surface area contributed by atoms with Gasteiger partial charge in [-0.15, -0.1) is 0 Å². The minimum absolute atomic E-state index is 0.0134. The topological polar surface area (TPSA) is 95.9 Å². The maximum Gasteiger partial charge on any atom is 0.412 e. The van der Waals surface area contributed by atoms with E-state index in [0.717, 1.165) is 29.0 Å². The third-order valence-corrected chi connectivity index (χ3v) is 4.23. The number of rotatable bonds is 6. The fourth-order valence-electron chi connectivity index (χ4n) is 2.87. The Morgan fingerprint density at radius 1 is 1.10 bits per heavy atom. The molecule has 3 aromatic rings. The largest absolute Gasteiger partial charge is 0.505 e. The maximum absolute atomic E-state index is 13.7. The number of anilines is 1. The first-order valence-corrected chi connectivity index (χ1v) is 8.77. The highest BCUT2D eigenvalue weighted by Gasteiger charge is 2.18. The normalized spacial score (nSPS) is 12.0. The molecule has 0 saturated heterocycles. The first-order valence-electron chi connectivity index (χ1n) is 8.77. The number of carbonyl (C=O) groups excluding carboxylic acids is 1. The zero-order valence-corrected chi connectivity index (χ0v) is 15.2. The molecule has 3 aromatic carbocycles. The van der Waals surface area contributed by atoms with Crippen LogP contribution >= 0.6 is 0 Å². The van der Waals surface area contributed by atoms with Gasteiger partial charge in [-0.2, -0.15) is 0 Å². The average Bonchev–Trinajstić information content (AvgIpc) is 2.69. The second kappa shape index (κ2) is 8.88. The Morgan fingerprint density at radius 3 is 2.62 bits per heavy atom. The Bertz CT molecular complexity index is 1070. The Hall–Kier alpha value is -3.87. The number of hydrogen-bond donors (Lipinski definition) is 3. The summed E-state index contributed by atoms with van der Waals surface area (Å²) in [6.07, 6.45) is 0.511. The third-order valence-electron chi connectivity index (χ3n) is 4.23. The van der Waals surface area contributed by atoms with E-state index in [-0.39, 0.29) is 12.0 Å². The molecule has 0 unspecified atom stereocenters. The van der Waals surface area contributed by atoms with Crippen LogP contribution in [0.25, 0.3) is 10.8 Å². The Kier molecular flexibility index (Phi) is 6.09. The van der Waals surface area contributed by atoms with Crippen molar-refractivity contribution in [2.24, 2.45) is 0 Å². The SMILES string of the molecule is O=C(O)/C=C/C[C@@H](OC(=O)Nc1cccc2ccccc12)c1ccc(O)c(F)c1. The molecule has 148 valence electrons. The van der Waals surface area contributed by atoms with Crippen LogP contribution in [0.5, 0.6) is 5.75 Å². The summed E-state index contributed by atoms with van der Waals surface area (Å²) in [6, 6.07) is 16.5. The number of aromatic hydroxyl groups is 1. The summed E-state index contributed by atoms with van der Waals surface area (Å²) in [5.41, 5.74) is 0.827. The monoisotopic (exact) mass is 395 g/mol. The highest BCUT2D eigenvalue weighted by atomic mass is 19.1. The van der Waals surface area contributed by atoms with Crippen LogP contribution < -0.4 is 5.32 Å². The molecule has 0 aliphatic carbocycles. The van der Waals surface area contributed by atoms with E-state index in [4.69, 9.17) is 9.84 Å². The molecule has 0 fully saturated rings. The quantitative estimate of drug-likeness (QED) is 0.510. The van der Waals surface area contributed by atoms with Gasteiger partial charge in [0, 0.05) is 17.9 Å². The lowest BCUT2D eigenvalue weighted by Crippen LogP contribution is -2.17. The molecule has 6 nitrogen and oxygen atoms in total. The number of aliphatic carboxylic acids is 1. The number of hydrogen-bond acceptors (Lipinski definition) is 4. The van der Waals surface area contributed by atoms with E-state index in [0.29, 0.717) is 5.69 Å². The summed E-state index contributed by atoms with van der Waals surface area (Å²) >= 11 is 0. The molecule has 0 aliphatic rings. The first-order chi connectivity index (χ1) is 13.9. The Labute approximate surface area is 165 Å². The second-order valence-corrected chi connectivity index (χ2v) is 6.23. The van der Waals surface area contributed by atoms with Crippen molar-refractivity contribution in [1.82, 2.24) is 0 Å². The van der Waals surface area contributed by atoms with E-state index < -0.39 is 29.7 Å². The fraction of sp³-hybridized carbons (Fsp3) is 0.0909. The summed E-state index contributed by atoms with van der Waals surface area (Å²) in [7, 11) is 0. The number of phenolic OH excluding ortho intramolecular Hbond substituents is 1. The summed E-state index contributed by atoms with van der Waals surface area (Å²) in [6.45, 7) is 0. The molecule has 3 rings (SSSR count). The van der Waals surface area contributed by atoms with Gasteiger partial charge in [-0.3, -0.25) is 5.32 Å². The van der Waals surface area contributed by atoms with Crippen LogP contribution in [0.3, 0.4) is 0 Å². The Morgan fingerprint density at radius 2 is 1.86 bits per heavy atom. The molecule has 0 aliphatic heterocycles. The van der Waals surface area contributed by atoms with E-state index >= 15 is 0 Å². The molecule has 0 saturated carbocycles. The zero-order chi connectivity index (χ0) is 20.8. The minimum atomic E-state index is -1.15. The van der Waals surface area contributed by atoms with Crippen LogP contribution in [0, 0.1) is 5.82 Å². The summed E-state index contributed by atoms with van der Waals surface area (Å²) in [4.78, 5) is 23.2. The molecule has 0 heterocycles. The van der Waals surface area contributed by atoms with Crippen molar-refractivity contribution in [1.29, 1.82) is 0 Å². The number of carbonyl (C=O) groups is 2. The van der Waals surface area contributed by atoms with Crippen LogP contribution in [0.1, 0.15) is 18.1 Å². The van der Waals surface area contributed by atoms with E-state index in [2.05, 4.69) is 5.32 Å². The standard InChI is InChI=1S/C22H18FNO5/c23-17-13-15(11-12-19(17)25)20(9-4-10-21(26)27)29-22(28)24-18-8-3-6-14-5-1-2-7-16(14)18/h1-8,10-13,20,25H,9H2,(H,24,28)(H,26,27)/b10-4+/t20-/m1/s1. The molecule has 0 aromatic heterocycles. The van der Waals surface area contributed by atoms with Gasteiger partial charge in [0.05, 0.1) is 5.69 Å². The summed E-state index contributed by atoms with van der Waals surface area (Å²) < 4.78 is 19.2. The first kappa shape index (κ1) is 19.9. The van der Waals surface area contributed by atoms with Crippen LogP contribution in [-0.4, -0.2) is 22.3 Å². The number of fused-ring (bicyclic) bond motifs is 1. The summed E-state index contributed by atoms with van der Waals surface area (Å²) in [5.74, 6) is -2.55. The number of ether oxygens (including phenoxy) is 1. The fourth-order valence-corrected chi connectivity index (χ4v) is 2.87. The zero-order valence-electron chi connectivity index (χ0n) is 15.2. The highest BCUT2D eigenvalue weighted by molar-refractivity contribution is 6.00. The molecule has 0 bridgehead atoms. The molecule has 0 spiro atoms. The number of carboxylic acid groups (broad SMARTS) is 1. The predicted molar refractivity (Wildman–Crippen MR) is 106 cm³/mol. The molecular weight excluding hydrogens is 377 g/mol. The number of nitrogens with one attached hydrogen (secondary N) is 1. The number of amides is 1. The second-order valence-electron chi connectivity index (χ2n) is 6.23. The molecule has 1 atom stereocenters. The van der Waals surface area contributed by atoms with Crippen LogP contribution in [0.2, 0.25) is 0 Å². The number of benzene rings is 3. The van der Waals surface area contributed by atoms with Crippen molar-refractivity contribution >= 4 is 28.5 Å². The lowest BCUT2D eigenvalue weighted by molar-refractivity contribution is -0.131. The molecular formula is C22H18FNO5. The lowest BCUT2D eigenvalue weighted by atomic mass is 10.1. The van der Waals surface area contributed by atoms with Crippen molar-refractivity contribution in [3.05, 3.63) is 84.2 Å². The van der Waals surface area contributed by atoms with Crippen LogP contribution in [0.15, 0.2) is 72.8 Å². The van der Waals surface area contributed by atoms with Gasteiger partial charge in [0.25, 0.3) is 0 Å². The van der Waals surface area contributed by atoms with E-state index in [9.17, 15) is 19.1 Å². The molecule has 0 radical (unpaired) electrons. The van der Waals surface area contributed by atoms with Gasteiger partial charge in [0.1, 0.15) is 6.10 Å². The summed E-state index contributed by atoms with van der Waals surface area (Å²) in [5, 5.41) is 22.5. The van der Waals surface area contributed by atoms with Crippen molar-refractivity contribution in [2.45, 2.75) is 12.5 Å². The molecule has 3 N–H and O–H groups in total. The molecule has 1 amide bonds. The number of phenols is 1.